The van der Waals surface area contributed by atoms with Crippen molar-refractivity contribution in [3.8, 4) is 11.4 Å². The molecule has 0 aliphatic carbocycles. The van der Waals surface area contributed by atoms with Gasteiger partial charge in [-0.1, -0.05) is 29.8 Å². The van der Waals surface area contributed by atoms with Crippen LogP contribution in [0.15, 0.2) is 42.5 Å². The summed E-state index contributed by atoms with van der Waals surface area (Å²) >= 11 is 6.11. The fourth-order valence-electron chi connectivity index (χ4n) is 3.45. The molecule has 25 heavy (non-hydrogen) atoms. The maximum absolute atomic E-state index is 6.11. The number of aryl methyl sites for hydroxylation is 1. The Labute approximate surface area is 152 Å². The van der Waals surface area contributed by atoms with Crippen LogP contribution in [0.1, 0.15) is 22.4 Å². The number of methoxy groups -OCH3 is 1. The minimum Gasteiger partial charge on any atom is -0.496 e. The number of para-hydroxylation sites is 1. The van der Waals surface area contributed by atoms with Crippen LogP contribution in [0.3, 0.4) is 0 Å². The zero-order valence-corrected chi connectivity index (χ0v) is 15.1. The number of fused-ring (bicyclic) bond motifs is 1. The van der Waals surface area contributed by atoms with Crippen LogP contribution in [-0.4, -0.2) is 23.4 Å². The topological polar surface area (TPSA) is 39.1 Å². The predicted octanol–water partition coefficient (Wildman–Crippen LogP) is 4.40. The maximum Gasteiger partial charge on any atom is 0.133 e. The Morgan fingerprint density at radius 2 is 2.08 bits per heavy atom. The molecule has 0 saturated heterocycles. The summed E-state index contributed by atoms with van der Waals surface area (Å²) in [5, 5.41) is 9.14. The first-order chi connectivity index (χ1) is 12.2. The Hall–Kier alpha value is -2.46. The molecule has 2 heterocycles. The lowest BCUT2D eigenvalue weighted by Crippen LogP contribution is -2.06. The smallest absolute Gasteiger partial charge is 0.133 e. The van der Waals surface area contributed by atoms with Gasteiger partial charge in [0.05, 0.1) is 18.5 Å². The zero-order valence-electron chi connectivity index (χ0n) is 14.3. The van der Waals surface area contributed by atoms with Gasteiger partial charge >= 0.3 is 0 Å². The molecule has 0 saturated carbocycles. The number of ether oxygens (including phenoxy) is 1. The minimum absolute atomic E-state index is 0.743. The summed E-state index contributed by atoms with van der Waals surface area (Å²) in [5.41, 5.74) is 5.70. The monoisotopic (exact) mass is 353 g/mol. The van der Waals surface area contributed by atoms with E-state index in [-0.39, 0.29) is 0 Å². The molecule has 2 aromatic carbocycles. The first-order valence-electron chi connectivity index (χ1n) is 8.40. The molecular formula is C20H20ClN3O. The lowest BCUT2D eigenvalue weighted by Gasteiger charge is -2.10. The van der Waals surface area contributed by atoms with Crippen molar-refractivity contribution in [2.24, 2.45) is 0 Å². The van der Waals surface area contributed by atoms with Crippen molar-refractivity contribution in [3.63, 3.8) is 0 Å². The van der Waals surface area contributed by atoms with E-state index >= 15 is 0 Å². The van der Waals surface area contributed by atoms with E-state index in [1.165, 1.54) is 5.56 Å². The van der Waals surface area contributed by atoms with Crippen LogP contribution in [0.2, 0.25) is 5.02 Å². The van der Waals surface area contributed by atoms with Gasteiger partial charge in [0.1, 0.15) is 11.6 Å². The minimum atomic E-state index is 0.743. The molecule has 0 fully saturated rings. The third-order valence-electron chi connectivity index (χ3n) is 4.67. The lowest BCUT2D eigenvalue weighted by atomic mass is 10.0. The summed E-state index contributed by atoms with van der Waals surface area (Å²) in [6, 6.07) is 14.0. The van der Waals surface area contributed by atoms with Crippen molar-refractivity contribution >= 4 is 17.4 Å². The quantitative estimate of drug-likeness (QED) is 0.755. The molecular weight excluding hydrogens is 334 g/mol. The van der Waals surface area contributed by atoms with Crippen LogP contribution in [-0.2, 0) is 12.8 Å². The molecule has 1 aliphatic heterocycles. The van der Waals surface area contributed by atoms with E-state index < -0.39 is 0 Å². The molecule has 0 unspecified atom stereocenters. The van der Waals surface area contributed by atoms with Gasteiger partial charge in [0.15, 0.2) is 0 Å². The van der Waals surface area contributed by atoms with Gasteiger partial charge in [0, 0.05) is 29.1 Å². The van der Waals surface area contributed by atoms with E-state index in [9.17, 15) is 0 Å². The van der Waals surface area contributed by atoms with E-state index in [0.29, 0.717) is 0 Å². The number of nitrogens with one attached hydrogen (secondary N) is 1. The number of hydrogen-bond donors (Lipinski definition) is 1. The SMILES string of the molecule is COc1ccccc1Cc1nn(-c2ccc(Cl)cc2C)c2c1CCN2. The zero-order chi connectivity index (χ0) is 17.4. The molecule has 5 heteroatoms. The summed E-state index contributed by atoms with van der Waals surface area (Å²) in [5.74, 6) is 2.00. The number of anilines is 1. The van der Waals surface area contributed by atoms with Gasteiger partial charge in [-0.05, 0) is 43.2 Å². The Morgan fingerprint density at radius 3 is 2.88 bits per heavy atom. The van der Waals surface area contributed by atoms with Crippen LogP contribution in [0, 0.1) is 6.92 Å². The van der Waals surface area contributed by atoms with E-state index in [4.69, 9.17) is 21.4 Å². The van der Waals surface area contributed by atoms with Crippen LogP contribution in [0.5, 0.6) is 5.75 Å². The van der Waals surface area contributed by atoms with Gasteiger partial charge in [0.2, 0.25) is 0 Å². The average molecular weight is 354 g/mol. The Balaban J connectivity index is 1.78. The first kappa shape index (κ1) is 16.0. The number of rotatable bonds is 4. The largest absolute Gasteiger partial charge is 0.496 e. The van der Waals surface area contributed by atoms with E-state index in [1.807, 2.05) is 41.1 Å². The maximum atomic E-state index is 6.11. The van der Waals surface area contributed by atoms with Gasteiger partial charge in [-0.2, -0.15) is 5.10 Å². The van der Waals surface area contributed by atoms with Crippen LogP contribution in [0.25, 0.3) is 5.69 Å². The summed E-state index contributed by atoms with van der Waals surface area (Å²) in [6.45, 7) is 3.00. The Kier molecular flexibility index (Phi) is 4.14. The highest BCUT2D eigenvalue weighted by Gasteiger charge is 2.24. The normalized spacial score (nSPS) is 12.8. The van der Waals surface area contributed by atoms with Crippen molar-refractivity contribution in [2.75, 3.05) is 19.0 Å². The van der Waals surface area contributed by atoms with Crippen LogP contribution >= 0.6 is 11.6 Å². The van der Waals surface area contributed by atoms with Gasteiger partial charge in [0.25, 0.3) is 0 Å². The molecule has 4 nitrogen and oxygen atoms in total. The molecule has 128 valence electrons. The average Bonchev–Trinajstić information content (AvgIpc) is 3.20. The van der Waals surface area contributed by atoms with Gasteiger partial charge in [-0.3, -0.25) is 0 Å². The van der Waals surface area contributed by atoms with Crippen LogP contribution < -0.4 is 10.1 Å². The highest BCUT2D eigenvalue weighted by molar-refractivity contribution is 6.30. The van der Waals surface area contributed by atoms with Gasteiger partial charge in [-0.15, -0.1) is 0 Å². The molecule has 1 aromatic heterocycles. The summed E-state index contributed by atoms with van der Waals surface area (Å²) in [7, 11) is 1.71. The fourth-order valence-corrected chi connectivity index (χ4v) is 3.67. The highest BCUT2D eigenvalue weighted by atomic mass is 35.5. The lowest BCUT2D eigenvalue weighted by molar-refractivity contribution is 0.410. The second-order valence-electron chi connectivity index (χ2n) is 6.28. The summed E-state index contributed by atoms with van der Waals surface area (Å²) in [6.07, 6.45) is 1.75. The molecule has 1 aliphatic rings. The van der Waals surface area contributed by atoms with Crippen LogP contribution in [0.4, 0.5) is 5.82 Å². The molecule has 0 radical (unpaired) electrons. The van der Waals surface area contributed by atoms with Crippen molar-refractivity contribution in [1.29, 1.82) is 0 Å². The number of aromatic nitrogens is 2. The van der Waals surface area contributed by atoms with Crippen molar-refractivity contribution in [3.05, 3.63) is 69.9 Å². The van der Waals surface area contributed by atoms with Gasteiger partial charge in [-0.25, -0.2) is 4.68 Å². The number of benzene rings is 2. The second kappa shape index (κ2) is 6.45. The third-order valence-corrected chi connectivity index (χ3v) is 4.91. The number of hydrogen-bond acceptors (Lipinski definition) is 3. The second-order valence-corrected chi connectivity index (χ2v) is 6.72. The fraction of sp³-hybridized carbons (Fsp3) is 0.250. The van der Waals surface area contributed by atoms with E-state index in [0.717, 1.165) is 58.5 Å². The molecule has 4 rings (SSSR count). The summed E-state index contributed by atoms with van der Waals surface area (Å²) in [4.78, 5) is 0. The molecule has 0 bridgehead atoms. The molecule has 0 amide bonds. The first-order valence-corrected chi connectivity index (χ1v) is 8.78. The molecule has 1 N–H and O–H groups in total. The third kappa shape index (κ3) is 2.87. The number of halogens is 1. The van der Waals surface area contributed by atoms with Crippen molar-refractivity contribution in [1.82, 2.24) is 9.78 Å². The van der Waals surface area contributed by atoms with Gasteiger partial charge < -0.3 is 10.1 Å². The highest BCUT2D eigenvalue weighted by Crippen LogP contribution is 2.32. The molecule has 0 atom stereocenters. The predicted molar refractivity (Wildman–Crippen MR) is 101 cm³/mol. The Bertz CT molecular complexity index is 933. The van der Waals surface area contributed by atoms with E-state index in [2.05, 4.69) is 18.3 Å². The molecule has 0 spiro atoms. The standard InChI is InChI=1S/C20H20ClN3O/c1-13-11-15(21)7-8-18(13)24-20-16(9-10-22-20)17(23-24)12-14-5-3-4-6-19(14)25-2/h3-8,11,22H,9-10,12H2,1-2H3. The van der Waals surface area contributed by atoms with E-state index in [1.54, 1.807) is 7.11 Å². The summed E-state index contributed by atoms with van der Waals surface area (Å²) < 4.78 is 7.51. The molecule has 3 aromatic rings. The van der Waals surface area contributed by atoms with Crippen molar-refractivity contribution < 1.29 is 4.74 Å². The number of nitrogens with zero attached hydrogens (tertiary/aromatic N) is 2. The Morgan fingerprint density at radius 1 is 1.24 bits per heavy atom. The van der Waals surface area contributed by atoms with Crippen molar-refractivity contribution in [2.45, 2.75) is 19.8 Å².